The molecule has 5 nitrogen and oxygen atoms in total. The SMILES string of the molecule is COC(=O)c1cccc2c1N(C)CC1(CCCC1)C(=O)N2. The minimum Gasteiger partial charge on any atom is -0.465 e. The van der Waals surface area contributed by atoms with E-state index in [0.717, 1.165) is 31.4 Å². The third-order valence-corrected chi connectivity index (χ3v) is 4.65. The van der Waals surface area contributed by atoms with Crippen molar-refractivity contribution in [1.29, 1.82) is 0 Å². The highest BCUT2D eigenvalue weighted by atomic mass is 16.5. The van der Waals surface area contributed by atoms with Gasteiger partial charge in [0.1, 0.15) is 0 Å². The van der Waals surface area contributed by atoms with Gasteiger partial charge in [-0.3, -0.25) is 4.79 Å². The molecule has 1 N–H and O–H groups in total. The Balaban J connectivity index is 2.07. The zero-order valence-electron chi connectivity index (χ0n) is 12.4. The highest BCUT2D eigenvalue weighted by Crippen LogP contribution is 2.44. The van der Waals surface area contributed by atoms with Gasteiger partial charge in [-0.1, -0.05) is 18.9 Å². The average molecular weight is 288 g/mol. The molecule has 1 aliphatic heterocycles. The van der Waals surface area contributed by atoms with Crippen LogP contribution in [-0.2, 0) is 9.53 Å². The Labute approximate surface area is 124 Å². The molecule has 0 unspecified atom stereocenters. The average Bonchev–Trinajstić information content (AvgIpc) is 2.91. The van der Waals surface area contributed by atoms with Crippen LogP contribution in [0.1, 0.15) is 36.0 Å². The molecule has 1 saturated carbocycles. The van der Waals surface area contributed by atoms with Gasteiger partial charge in [-0.05, 0) is 25.0 Å². The molecule has 3 rings (SSSR count). The van der Waals surface area contributed by atoms with Gasteiger partial charge in [-0.25, -0.2) is 4.79 Å². The number of methoxy groups -OCH3 is 1. The number of hydrogen-bond acceptors (Lipinski definition) is 4. The molecular weight excluding hydrogens is 268 g/mol. The lowest BCUT2D eigenvalue weighted by atomic mass is 9.85. The highest BCUT2D eigenvalue weighted by Gasteiger charge is 2.44. The summed E-state index contributed by atoms with van der Waals surface area (Å²) < 4.78 is 4.86. The number of anilines is 2. The van der Waals surface area contributed by atoms with Crippen LogP contribution < -0.4 is 10.2 Å². The molecule has 1 heterocycles. The number of carbonyl (C=O) groups excluding carboxylic acids is 2. The van der Waals surface area contributed by atoms with Gasteiger partial charge in [0.05, 0.1) is 29.5 Å². The van der Waals surface area contributed by atoms with Gasteiger partial charge in [0.2, 0.25) is 5.91 Å². The van der Waals surface area contributed by atoms with Crippen molar-refractivity contribution in [3.63, 3.8) is 0 Å². The lowest BCUT2D eigenvalue weighted by Crippen LogP contribution is -2.40. The van der Waals surface area contributed by atoms with Crippen LogP contribution in [-0.4, -0.2) is 32.6 Å². The normalized spacial score (nSPS) is 19.9. The fourth-order valence-corrected chi connectivity index (χ4v) is 3.63. The van der Waals surface area contributed by atoms with Crippen molar-refractivity contribution in [3.8, 4) is 0 Å². The largest absolute Gasteiger partial charge is 0.465 e. The van der Waals surface area contributed by atoms with Gasteiger partial charge in [0.25, 0.3) is 0 Å². The fraction of sp³-hybridized carbons (Fsp3) is 0.500. The van der Waals surface area contributed by atoms with Crippen LogP contribution >= 0.6 is 0 Å². The van der Waals surface area contributed by atoms with Gasteiger partial charge in [-0.2, -0.15) is 0 Å². The first kappa shape index (κ1) is 13.9. The Kier molecular flexibility index (Phi) is 3.35. The Bertz CT molecular complexity index is 591. The maximum absolute atomic E-state index is 12.6. The Hall–Kier alpha value is -2.04. The first-order valence-electron chi connectivity index (χ1n) is 7.31. The number of fused-ring (bicyclic) bond motifs is 1. The maximum atomic E-state index is 12.6. The Morgan fingerprint density at radius 2 is 2.05 bits per heavy atom. The first-order chi connectivity index (χ1) is 10.1. The number of amides is 1. The topological polar surface area (TPSA) is 58.6 Å². The van der Waals surface area contributed by atoms with Gasteiger partial charge >= 0.3 is 5.97 Å². The maximum Gasteiger partial charge on any atom is 0.340 e. The summed E-state index contributed by atoms with van der Waals surface area (Å²) in [4.78, 5) is 26.6. The standard InChI is InChI=1S/C16H20N2O3/c1-18-10-16(8-3-4-9-16)15(20)17-12-7-5-6-11(13(12)18)14(19)21-2/h5-7H,3-4,8-10H2,1-2H3,(H,17,20). The summed E-state index contributed by atoms with van der Waals surface area (Å²) in [5, 5.41) is 3.02. The monoisotopic (exact) mass is 288 g/mol. The lowest BCUT2D eigenvalue weighted by molar-refractivity contribution is -0.124. The van der Waals surface area contributed by atoms with Gasteiger partial charge < -0.3 is 15.0 Å². The number of carbonyl (C=O) groups is 2. The molecule has 1 aromatic rings. The van der Waals surface area contributed by atoms with Gasteiger partial charge in [0, 0.05) is 13.6 Å². The molecule has 0 aromatic heterocycles. The molecule has 1 aliphatic carbocycles. The molecule has 0 saturated heterocycles. The molecule has 1 aromatic carbocycles. The molecule has 0 bridgehead atoms. The minimum absolute atomic E-state index is 0.0765. The summed E-state index contributed by atoms with van der Waals surface area (Å²) in [5.74, 6) is -0.303. The number of para-hydroxylation sites is 1. The zero-order chi connectivity index (χ0) is 15.0. The number of hydrogen-bond donors (Lipinski definition) is 1. The van der Waals surface area contributed by atoms with E-state index in [9.17, 15) is 9.59 Å². The van der Waals surface area contributed by atoms with Crippen LogP contribution in [0.2, 0.25) is 0 Å². The summed E-state index contributed by atoms with van der Waals surface area (Å²) in [7, 11) is 3.31. The Morgan fingerprint density at radius 1 is 1.33 bits per heavy atom. The molecule has 0 radical (unpaired) electrons. The number of benzene rings is 1. The quantitative estimate of drug-likeness (QED) is 0.806. The van der Waals surface area contributed by atoms with Crippen LogP contribution in [0.15, 0.2) is 18.2 Å². The second-order valence-corrected chi connectivity index (χ2v) is 5.99. The minimum atomic E-state index is -0.379. The van der Waals surface area contributed by atoms with E-state index in [1.807, 2.05) is 18.0 Å². The smallest absolute Gasteiger partial charge is 0.340 e. The van der Waals surface area contributed by atoms with Crippen molar-refractivity contribution in [3.05, 3.63) is 23.8 Å². The summed E-state index contributed by atoms with van der Waals surface area (Å²) in [5.41, 5.74) is 1.60. The van der Waals surface area contributed by atoms with E-state index in [4.69, 9.17) is 4.74 Å². The first-order valence-corrected chi connectivity index (χ1v) is 7.31. The van der Waals surface area contributed by atoms with Crippen LogP contribution in [0.5, 0.6) is 0 Å². The molecule has 1 amide bonds. The predicted molar refractivity (Wildman–Crippen MR) is 80.6 cm³/mol. The van der Waals surface area contributed by atoms with Crippen LogP contribution in [0.4, 0.5) is 11.4 Å². The van der Waals surface area contributed by atoms with Crippen molar-refractivity contribution in [2.75, 3.05) is 30.9 Å². The van der Waals surface area contributed by atoms with E-state index in [2.05, 4.69) is 5.32 Å². The molecule has 21 heavy (non-hydrogen) atoms. The summed E-state index contributed by atoms with van der Waals surface area (Å²) in [6, 6.07) is 5.34. The van der Waals surface area contributed by atoms with Crippen LogP contribution in [0, 0.1) is 5.41 Å². The number of esters is 1. The molecule has 2 aliphatic rings. The van der Waals surface area contributed by atoms with Crippen LogP contribution in [0.3, 0.4) is 0 Å². The molecule has 5 heteroatoms. The summed E-state index contributed by atoms with van der Waals surface area (Å²) in [6.45, 7) is 0.639. The van der Waals surface area contributed by atoms with Gasteiger partial charge in [0.15, 0.2) is 0 Å². The van der Waals surface area contributed by atoms with Crippen molar-refractivity contribution < 1.29 is 14.3 Å². The predicted octanol–water partition coefficient (Wildman–Crippen LogP) is 2.42. The molecule has 112 valence electrons. The third kappa shape index (κ3) is 2.17. The van der Waals surface area contributed by atoms with Crippen molar-refractivity contribution in [1.82, 2.24) is 0 Å². The fourth-order valence-electron chi connectivity index (χ4n) is 3.63. The van der Waals surface area contributed by atoms with E-state index in [1.165, 1.54) is 7.11 Å². The highest BCUT2D eigenvalue weighted by molar-refractivity contribution is 6.06. The number of nitrogens with zero attached hydrogens (tertiary/aromatic N) is 1. The van der Waals surface area contributed by atoms with Crippen molar-refractivity contribution in [2.24, 2.45) is 5.41 Å². The number of ether oxygens (including phenoxy) is 1. The van der Waals surface area contributed by atoms with Gasteiger partial charge in [-0.15, -0.1) is 0 Å². The van der Waals surface area contributed by atoms with Crippen LogP contribution in [0.25, 0.3) is 0 Å². The van der Waals surface area contributed by atoms with E-state index >= 15 is 0 Å². The molecule has 0 atom stereocenters. The second-order valence-electron chi connectivity index (χ2n) is 5.99. The molecule has 1 spiro atoms. The number of nitrogens with one attached hydrogen (secondary N) is 1. The summed E-state index contributed by atoms with van der Waals surface area (Å²) in [6.07, 6.45) is 3.98. The van der Waals surface area contributed by atoms with Crippen molar-refractivity contribution >= 4 is 23.3 Å². The molecular formula is C16H20N2O3. The summed E-state index contributed by atoms with van der Waals surface area (Å²) >= 11 is 0. The third-order valence-electron chi connectivity index (χ3n) is 4.65. The van der Waals surface area contributed by atoms with E-state index in [-0.39, 0.29) is 17.3 Å². The van der Waals surface area contributed by atoms with E-state index in [0.29, 0.717) is 17.8 Å². The lowest BCUT2D eigenvalue weighted by Gasteiger charge is -2.30. The zero-order valence-corrected chi connectivity index (χ0v) is 12.4. The second kappa shape index (κ2) is 5.06. The van der Waals surface area contributed by atoms with Crippen molar-refractivity contribution in [2.45, 2.75) is 25.7 Å². The van der Waals surface area contributed by atoms with E-state index in [1.54, 1.807) is 12.1 Å². The Morgan fingerprint density at radius 3 is 2.71 bits per heavy atom. The number of rotatable bonds is 1. The molecule has 1 fully saturated rings. The van der Waals surface area contributed by atoms with E-state index < -0.39 is 0 Å².